The normalized spacial score (nSPS) is 26.2. The molecule has 1 aromatic carbocycles. The van der Waals surface area contributed by atoms with E-state index in [0.29, 0.717) is 13.1 Å². The molecule has 1 aliphatic rings. The van der Waals surface area contributed by atoms with Gasteiger partial charge in [-0.1, -0.05) is 19.1 Å². The van der Waals surface area contributed by atoms with Gasteiger partial charge in [0.15, 0.2) is 0 Å². The van der Waals surface area contributed by atoms with Crippen LogP contribution < -0.4 is 5.32 Å². The molecular weight excluding hydrogens is 283 g/mol. The van der Waals surface area contributed by atoms with Crippen molar-refractivity contribution in [1.29, 1.82) is 0 Å². The fraction of sp³-hybridized carbons (Fsp3) is 0.600. The molecule has 3 atom stereocenters. The second kappa shape index (κ2) is 6.77. The van der Waals surface area contributed by atoms with Crippen molar-refractivity contribution in [1.82, 2.24) is 5.32 Å². The SMILES string of the molecule is CC1CC(CNCCO)OC1c1ccc(C(F)(F)F)cc1. The lowest BCUT2D eigenvalue weighted by Crippen LogP contribution is -2.28. The average molecular weight is 303 g/mol. The summed E-state index contributed by atoms with van der Waals surface area (Å²) in [6.45, 7) is 3.26. The number of hydrogen-bond donors (Lipinski definition) is 2. The lowest BCUT2D eigenvalue weighted by Gasteiger charge is -2.17. The van der Waals surface area contributed by atoms with Crippen molar-refractivity contribution < 1.29 is 23.0 Å². The summed E-state index contributed by atoms with van der Waals surface area (Å²) in [5.41, 5.74) is 0.137. The molecule has 21 heavy (non-hydrogen) atoms. The van der Waals surface area contributed by atoms with Crippen LogP contribution in [0.3, 0.4) is 0 Å². The molecular formula is C15H20F3NO2. The van der Waals surface area contributed by atoms with Crippen molar-refractivity contribution in [3.63, 3.8) is 0 Å². The smallest absolute Gasteiger partial charge is 0.395 e. The predicted molar refractivity (Wildman–Crippen MR) is 72.8 cm³/mol. The minimum Gasteiger partial charge on any atom is -0.395 e. The standard InChI is InChI=1S/C15H20F3NO2/c1-10-8-13(9-19-6-7-20)21-14(10)11-2-4-12(5-3-11)15(16,17)18/h2-5,10,13-14,19-20H,6-9H2,1H3. The van der Waals surface area contributed by atoms with Gasteiger partial charge in [-0.3, -0.25) is 0 Å². The van der Waals surface area contributed by atoms with Gasteiger partial charge < -0.3 is 15.2 Å². The molecule has 2 N–H and O–H groups in total. The van der Waals surface area contributed by atoms with Gasteiger partial charge in [0.05, 0.1) is 24.4 Å². The molecule has 2 rings (SSSR count). The number of aliphatic hydroxyl groups excluding tert-OH is 1. The number of alkyl halides is 3. The zero-order chi connectivity index (χ0) is 15.5. The first-order chi connectivity index (χ1) is 9.91. The number of nitrogens with one attached hydrogen (secondary N) is 1. The highest BCUT2D eigenvalue weighted by Gasteiger charge is 2.34. The fourth-order valence-corrected chi connectivity index (χ4v) is 2.68. The number of ether oxygens (including phenoxy) is 1. The Hall–Kier alpha value is -1.11. The molecule has 0 aromatic heterocycles. The third-order valence-electron chi connectivity index (χ3n) is 3.72. The minimum absolute atomic E-state index is 0.0267. The number of hydrogen-bond acceptors (Lipinski definition) is 3. The van der Waals surface area contributed by atoms with Crippen molar-refractivity contribution in [2.75, 3.05) is 19.7 Å². The van der Waals surface area contributed by atoms with E-state index in [1.54, 1.807) is 0 Å². The van der Waals surface area contributed by atoms with Crippen LogP contribution in [0.2, 0.25) is 0 Å². The minimum atomic E-state index is -4.31. The maximum atomic E-state index is 12.5. The Morgan fingerprint density at radius 2 is 1.95 bits per heavy atom. The van der Waals surface area contributed by atoms with Gasteiger partial charge in [-0.25, -0.2) is 0 Å². The van der Waals surface area contributed by atoms with Crippen LogP contribution in [-0.2, 0) is 10.9 Å². The highest BCUT2D eigenvalue weighted by Crippen LogP contribution is 2.38. The third-order valence-corrected chi connectivity index (χ3v) is 3.72. The maximum Gasteiger partial charge on any atom is 0.416 e. The molecule has 1 aromatic rings. The van der Waals surface area contributed by atoms with E-state index >= 15 is 0 Å². The topological polar surface area (TPSA) is 41.5 Å². The van der Waals surface area contributed by atoms with Gasteiger partial charge in [-0.2, -0.15) is 13.2 Å². The molecule has 1 saturated heterocycles. The number of benzene rings is 1. The lowest BCUT2D eigenvalue weighted by atomic mass is 9.95. The molecule has 0 amide bonds. The monoisotopic (exact) mass is 303 g/mol. The second-order valence-electron chi connectivity index (χ2n) is 5.44. The van der Waals surface area contributed by atoms with E-state index in [2.05, 4.69) is 5.32 Å². The molecule has 0 spiro atoms. The highest BCUT2D eigenvalue weighted by atomic mass is 19.4. The van der Waals surface area contributed by atoms with E-state index in [-0.39, 0.29) is 24.7 Å². The largest absolute Gasteiger partial charge is 0.416 e. The molecule has 1 aliphatic heterocycles. The lowest BCUT2D eigenvalue weighted by molar-refractivity contribution is -0.137. The Morgan fingerprint density at radius 3 is 2.52 bits per heavy atom. The summed E-state index contributed by atoms with van der Waals surface area (Å²) in [5, 5.41) is 11.8. The van der Waals surface area contributed by atoms with Crippen LogP contribution in [0.25, 0.3) is 0 Å². The zero-order valence-corrected chi connectivity index (χ0v) is 11.9. The summed E-state index contributed by atoms with van der Waals surface area (Å²) in [6, 6.07) is 5.19. The molecule has 0 bridgehead atoms. The molecule has 1 heterocycles. The van der Waals surface area contributed by atoms with Crippen LogP contribution in [-0.4, -0.2) is 30.9 Å². The van der Waals surface area contributed by atoms with Crippen molar-refractivity contribution >= 4 is 0 Å². The van der Waals surface area contributed by atoms with Crippen LogP contribution >= 0.6 is 0 Å². The van der Waals surface area contributed by atoms with Gasteiger partial charge in [-0.15, -0.1) is 0 Å². The number of rotatable bonds is 5. The van der Waals surface area contributed by atoms with Gasteiger partial charge in [0, 0.05) is 13.1 Å². The van der Waals surface area contributed by atoms with Gasteiger partial charge in [-0.05, 0) is 30.0 Å². The van der Waals surface area contributed by atoms with Crippen LogP contribution in [0.4, 0.5) is 13.2 Å². The summed E-state index contributed by atoms with van der Waals surface area (Å²) in [7, 11) is 0. The Kier molecular flexibility index (Phi) is 5.24. The predicted octanol–water partition coefficient (Wildman–Crippen LogP) is 2.75. The molecule has 1 fully saturated rings. The number of halogens is 3. The molecule has 0 radical (unpaired) electrons. The van der Waals surface area contributed by atoms with Crippen LogP contribution in [0, 0.1) is 5.92 Å². The quantitative estimate of drug-likeness (QED) is 0.822. The molecule has 0 aliphatic carbocycles. The first kappa shape index (κ1) is 16.3. The van der Waals surface area contributed by atoms with E-state index in [9.17, 15) is 13.2 Å². The highest BCUT2D eigenvalue weighted by molar-refractivity contribution is 5.27. The third kappa shape index (κ3) is 4.18. The summed E-state index contributed by atoms with van der Waals surface area (Å²) in [4.78, 5) is 0. The summed E-state index contributed by atoms with van der Waals surface area (Å²) in [5.74, 6) is 0.252. The van der Waals surface area contributed by atoms with Gasteiger partial charge in [0.2, 0.25) is 0 Å². The van der Waals surface area contributed by atoms with Crippen molar-refractivity contribution in [2.45, 2.75) is 31.7 Å². The fourth-order valence-electron chi connectivity index (χ4n) is 2.68. The van der Waals surface area contributed by atoms with Gasteiger partial charge in [0.25, 0.3) is 0 Å². The van der Waals surface area contributed by atoms with E-state index < -0.39 is 11.7 Å². The van der Waals surface area contributed by atoms with E-state index in [4.69, 9.17) is 9.84 Å². The molecule has 3 nitrogen and oxygen atoms in total. The summed E-state index contributed by atoms with van der Waals surface area (Å²) < 4.78 is 43.6. The van der Waals surface area contributed by atoms with Crippen LogP contribution in [0.1, 0.15) is 30.6 Å². The van der Waals surface area contributed by atoms with Crippen LogP contribution in [0.5, 0.6) is 0 Å². The first-order valence-corrected chi connectivity index (χ1v) is 7.06. The summed E-state index contributed by atoms with van der Waals surface area (Å²) >= 11 is 0. The van der Waals surface area contributed by atoms with Crippen molar-refractivity contribution in [3.05, 3.63) is 35.4 Å². The van der Waals surface area contributed by atoms with E-state index in [1.165, 1.54) is 12.1 Å². The van der Waals surface area contributed by atoms with Gasteiger partial charge in [0.1, 0.15) is 0 Å². The molecule has 118 valence electrons. The molecule has 3 unspecified atom stereocenters. The van der Waals surface area contributed by atoms with Crippen molar-refractivity contribution in [3.8, 4) is 0 Å². The first-order valence-electron chi connectivity index (χ1n) is 7.06. The van der Waals surface area contributed by atoms with E-state index in [0.717, 1.165) is 24.1 Å². The average Bonchev–Trinajstić information content (AvgIpc) is 2.79. The zero-order valence-electron chi connectivity index (χ0n) is 11.9. The Labute approximate surface area is 122 Å². The van der Waals surface area contributed by atoms with Gasteiger partial charge >= 0.3 is 6.18 Å². The summed E-state index contributed by atoms with van der Waals surface area (Å²) in [6.07, 6.45) is -3.60. The van der Waals surface area contributed by atoms with E-state index in [1.807, 2.05) is 6.92 Å². The van der Waals surface area contributed by atoms with Crippen molar-refractivity contribution in [2.24, 2.45) is 5.92 Å². The number of aliphatic hydroxyl groups is 1. The Morgan fingerprint density at radius 1 is 1.29 bits per heavy atom. The Balaban J connectivity index is 1.98. The molecule has 6 heteroatoms. The second-order valence-corrected chi connectivity index (χ2v) is 5.44. The van der Waals surface area contributed by atoms with Crippen LogP contribution in [0.15, 0.2) is 24.3 Å². The maximum absolute atomic E-state index is 12.5. The molecule has 0 saturated carbocycles. The Bertz CT molecular complexity index is 447.